The molecule has 1 N–H and O–H groups in total. The molecule has 0 aromatic heterocycles. The molecule has 0 aromatic carbocycles. The van der Waals surface area contributed by atoms with Crippen LogP contribution < -0.4 is 29.6 Å². The fraction of sp³-hybridized carbons (Fsp3) is 1.00. The van der Waals surface area contributed by atoms with Crippen LogP contribution in [-0.2, 0) is 0 Å². The van der Waals surface area contributed by atoms with Crippen LogP contribution in [0.1, 0.15) is 29.1 Å². The molecule has 0 unspecified atom stereocenters. The molecule has 0 radical (unpaired) electrons. The van der Waals surface area contributed by atoms with E-state index >= 15 is 0 Å². The van der Waals surface area contributed by atoms with Gasteiger partial charge in [0.15, 0.2) is 0 Å². The molecule has 9 heavy (non-hydrogen) atoms. The van der Waals surface area contributed by atoms with Gasteiger partial charge in [0.25, 0.3) is 0 Å². The van der Waals surface area contributed by atoms with Crippen LogP contribution in [0.15, 0.2) is 0 Å². The van der Waals surface area contributed by atoms with Crippen molar-refractivity contribution >= 4 is 0 Å². The maximum absolute atomic E-state index is 9.20. The van der Waals surface area contributed by atoms with Gasteiger partial charge < -0.3 is 6.53 Å². The van der Waals surface area contributed by atoms with E-state index in [-0.39, 0.29) is 37.1 Å². The van der Waals surface area contributed by atoms with Crippen molar-refractivity contribution in [1.29, 1.82) is 0 Å². The first-order valence-electron chi connectivity index (χ1n) is 3.23. The van der Waals surface area contributed by atoms with Crippen LogP contribution in [0, 0.1) is 11.8 Å². The molecule has 0 aromatic rings. The molecule has 0 rings (SSSR count). The Hall–Kier alpha value is 0.960. The molecule has 2 heteroatoms. The molecule has 0 saturated heterocycles. The predicted molar refractivity (Wildman–Crippen MR) is 36.8 cm³/mol. The summed E-state index contributed by atoms with van der Waals surface area (Å²) in [5, 5.41) is 9.20. The summed E-state index contributed by atoms with van der Waals surface area (Å²) >= 11 is 0. The Kier molecular flexibility index (Phi) is 8.02. The minimum Gasteiger partial charge on any atom is -1.00 e. The summed E-state index contributed by atoms with van der Waals surface area (Å²) < 4.78 is 0. The van der Waals surface area contributed by atoms with Gasteiger partial charge >= 0.3 is 29.6 Å². The van der Waals surface area contributed by atoms with Crippen molar-refractivity contribution in [3.05, 3.63) is 0 Å². The first-order chi connectivity index (χ1) is 3.55. The Morgan fingerprint density at radius 3 is 1.22 bits per heavy atom. The van der Waals surface area contributed by atoms with E-state index in [2.05, 4.69) is 0 Å². The van der Waals surface area contributed by atoms with Gasteiger partial charge in [-0.25, -0.2) is 0 Å². The molecular formula is C7H17NaO. The summed E-state index contributed by atoms with van der Waals surface area (Å²) in [4.78, 5) is 0. The topological polar surface area (TPSA) is 20.2 Å². The second kappa shape index (κ2) is 5.72. The van der Waals surface area contributed by atoms with Gasteiger partial charge in [0.1, 0.15) is 0 Å². The van der Waals surface area contributed by atoms with Gasteiger partial charge in [0.05, 0.1) is 6.10 Å². The Labute approximate surface area is 81.6 Å². The van der Waals surface area contributed by atoms with Crippen LogP contribution in [-0.4, -0.2) is 11.2 Å². The maximum atomic E-state index is 9.20. The molecule has 0 fully saturated rings. The van der Waals surface area contributed by atoms with E-state index in [0.29, 0.717) is 11.8 Å². The summed E-state index contributed by atoms with van der Waals surface area (Å²) in [6.45, 7) is 8.13. The van der Waals surface area contributed by atoms with Crippen LogP contribution >= 0.6 is 0 Å². The average Bonchev–Trinajstić information content (AvgIpc) is 1.64. The van der Waals surface area contributed by atoms with E-state index in [1.54, 1.807) is 0 Å². The molecule has 0 heterocycles. The summed E-state index contributed by atoms with van der Waals surface area (Å²) in [7, 11) is 0. The van der Waals surface area contributed by atoms with Gasteiger partial charge in [-0.1, -0.05) is 27.7 Å². The minimum atomic E-state index is -0.130. The molecule has 52 valence electrons. The molecule has 0 spiro atoms. The molecule has 1 nitrogen and oxygen atoms in total. The van der Waals surface area contributed by atoms with Crippen LogP contribution in [0.4, 0.5) is 0 Å². The first kappa shape index (κ1) is 12.6. The van der Waals surface area contributed by atoms with Gasteiger partial charge in [-0.05, 0) is 11.8 Å². The fourth-order valence-electron chi connectivity index (χ4n) is 0.770. The third-order valence-electron chi connectivity index (χ3n) is 1.37. The van der Waals surface area contributed by atoms with E-state index in [9.17, 15) is 5.11 Å². The standard InChI is InChI=1S/C7H16O.Na.H/c1-5(2)7(8)6(3)4;;/h5-8H,1-4H3;;/q;+1;-1. The predicted octanol–water partition coefficient (Wildman–Crippen LogP) is -1.22. The Balaban J connectivity index is -0.000000245. The van der Waals surface area contributed by atoms with E-state index in [1.165, 1.54) is 0 Å². The number of aliphatic hydroxyl groups is 1. The smallest absolute Gasteiger partial charge is 1.00 e. The molecule has 0 aliphatic carbocycles. The van der Waals surface area contributed by atoms with Crippen LogP contribution in [0.3, 0.4) is 0 Å². The van der Waals surface area contributed by atoms with Gasteiger partial charge in [0.2, 0.25) is 0 Å². The third kappa shape index (κ3) is 5.41. The van der Waals surface area contributed by atoms with E-state index in [0.717, 1.165) is 0 Å². The quantitative estimate of drug-likeness (QED) is 0.476. The average molecular weight is 140 g/mol. The Morgan fingerprint density at radius 1 is 1.00 bits per heavy atom. The fourth-order valence-corrected chi connectivity index (χ4v) is 0.770. The zero-order valence-corrected chi connectivity index (χ0v) is 9.18. The summed E-state index contributed by atoms with van der Waals surface area (Å²) in [6.07, 6.45) is -0.130. The van der Waals surface area contributed by atoms with Crippen molar-refractivity contribution in [3.63, 3.8) is 0 Å². The normalized spacial score (nSPS) is 10.7. The summed E-state index contributed by atoms with van der Waals surface area (Å²) in [6, 6.07) is 0. The van der Waals surface area contributed by atoms with E-state index < -0.39 is 0 Å². The number of rotatable bonds is 2. The van der Waals surface area contributed by atoms with Crippen LogP contribution in [0.5, 0.6) is 0 Å². The van der Waals surface area contributed by atoms with Crippen molar-refractivity contribution < 1.29 is 36.1 Å². The van der Waals surface area contributed by atoms with Crippen molar-refractivity contribution in [1.82, 2.24) is 0 Å². The first-order valence-corrected chi connectivity index (χ1v) is 3.23. The van der Waals surface area contributed by atoms with Crippen molar-refractivity contribution in [3.8, 4) is 0 Å². The van der Waals surface area contributed by atoms with Crippen molar-refractivity contribution in [2.45, 2.75) is 33.8 Å². The van der Waals surface area contributed by atoms with E-state index in [4.69, 9.17) is 0 Å². The molecular weight excluding hydrogens is 123 g/mol. The van der Waals surface area contributed by atoms with Crippen molar-refractivity contribution in [2.75, 3.05) is 0 Å². The van der Waals surface area contributed by atoms with Crippen LogP contribution in [0.25, 0.3) is 0 Å². The number of aliphatic hydroxyl groups excluding tert-OH is 1. The largest absolute Gasteiger partial charge is 1.00 e. The zero-order valence-electron chi connectivity index (χ0n) is 8.18. The third-order valence-corrected chi connectivity index (χ3v) is 1.37. The summed E-state index contributed by atoms with van der Waals surface area (Å²) in [5.41, 5.74) is 0. The second-order valence-electron chi connectivity index (χ2n) is 2.98. The molecule has 0 atom stereocenters. The SMILES string of the molecule is CC(C)C(O)C(C)C.[H-].[Na+]. The summed E-state index contributed by atoms with van der Waals surface area (Å²) in [5.74, 6) is 0.796. The molecule has 0 aliphatic rings. The van der Waals surface area contributed by atoms with E-state index in [1.807, 2.05) is 27.7 Å². The second-order valence-corrected chi connectivity index (χ2v) is 2.98. The number of hydrogen-bond donors (Lipinski definition) is 1. The number of hydrogen-bond acceptors (Lipinski definition) is 1. The Bertz CT molecular complexity index is 58.6. The van der Waals surface area contributed by atoms with Crippen molar-refractivity contribution in [2.24, 2.45) is 11.8 Å². The Morgan fingerprint density at radius 2 is 1.22 bits per heavy atom. The zero-order chi connectivity index (χ0) is 6.73. The van der Waals surface area contributed by atoms with Crippen LogP contribution in [0.2, 0.25) is 0 Å². The minimum absolute atomic E-state index is 0. The maximum Gasteiger partial charge on any atom is 1.00 e. The monoisotopic (exact) mass is 140 g/mol. The van der Waals surface area contributed by atoms with Gasteiger partial charge in [-0.3, -0.25) is 0 Å². The molecule has 0 amide bonds. The molecule has 0 aliphatic heterocycles. The van der Waals surface area contributed by atoms with Gasteiger partial charge in [-0.2, -0.15) is 0 Å². The molecule has 0 saturated carbocycles. The molecule has 0 bridgehead atoms. The van der Waals surface area contributed by atoms with Gasteiger partial charge in [-0.15, -0.1) is 0 Å². The van der Waals surface area contributed by atoms with Gasteiger partial charge in [0, 0.05) is 0 Å².